The lowest BCUT2D eigenvalue weighted by Gasteiger charge is -2.10. The highest BCUT2D eigenvalue weighted by atomic mass is 32.2. The first kappa shape index (κ1) is 17.4. The lowest BCUT2D eigenvalue weighted by atomic mass is 10.1. The van der Waals surface area contributed by atoms with Gasteiger partial charge in [0.05, 0.1) is 16.7 Å². The van der Waals surface area contributed by atoms with Crippen molar-refractivity contribution in [2.24, 2.45) is 0 Å². The van der Waals surface area contributed by atoms with Crippen molar-refractivity contribution in [1.82, 2.24) is 9.97 Å². The number of fused-ring (bicyclic) bond motifs is 1. The summed E-state index contributed by atoms with van der Waals surface area (Å²) in [6.45, 7) is 2.10. The molecule has 1 heterocycles. The Morgan fingerprint density at radius 1 is 1.04 bits per heavy atom. The summed E-state index contributed by atoms with van der Waals surface area (Å²) >= 11 is 1.72. The molecule has 5 heteroatoms. The van der Waals surface area contributed by atoms with Crippen LogP contribution in [0.1, 0.15) is 17.3 Å². The number of nitrogens with zero attached hydrogens (tertiary/aromatic N) is 1. The lowest BCUT2D eigenvalue weighted by Crippen LogP contribution is -2.12. The molecule has 4 nitrogen and oxygen atoms in total. The van der Waals surface area contributed by atoms with Crippen LogP contribution in [0.5, 0.6) is 0 Å². The first-order chi connectivity index (χ1) is 13.2. The van der Waals surface area contributed by atoms with E-state index in [9.17, 15) is 4.79 Å². The number of para-hydroxylation sites is 3. The molecule has 0 fully saturated rings. The first-order valence-electron chi connectivity index (χ1n) is 8.83. The average molecular weight is 373 g/mol. The Morgan fingerprint density at radius 3 is 2.70 bits per heavy atom. The number of rotatable bonds is 5. The van der Waals surface area contributed by atoms with Gasteiger partial charge in [-0.25, -0.2) is 4.98 Å². The van der Waals surface area contributed by atoms with Gasteiger partial charge in [0.2, 0.25) is 0 Å². The van der Waals surface area contributed by atoms with E-state index in [0.29, 0.717) is 5.56 Å². The summed E-state index contributed by atoms with van der Waals surface area (Å²) in [7, 11) is 0. The van der Waals surface area contributed by atoms with Crippen LogP contribution in [0.3, 0.4) is 0 Å². The van der Waals surface area contributed by atoms with Crippen molar-refractivity contribution in [1.29, 1.82) is 0 Å². The summed E-state index contributed by atoms with van der Waals surface area (Å²) in [4.78, 5) is 21.8. The van der Waals surface area contributed by atoms with Gasteiger partial charge in [0.15, 0.2) is 0 Å². The Kier molecular flexibility index (Phi) is 4.94. The smallest absolute Gasteiger partial charge is 0.255 e. The van der Waals surface area contributed by atoms with E-state index in [1.165, 1.54) is 0 Å². The third kappa shape index (κ3) is 3.73. The molecule has 0 aliphatic rings. The van der Waals surface area contributed by atoms with E-state index < -0.39 is 0 Å². The zero-order valence-electron chi connectivity index (χ0n) is 14.9. The number of thioether (sulfide) groups is 1. The molecule has 4 aromatic rings. The molecule has 0 bridgehead atoms. The van der Waals surface area contributed by atoms with Crippen LogP contribution in [-0.4, -0.2) is 21.6 Å². The summed E-state index contributed by atoms with van der Waals surface area (Å²) in [5.41, 5.74) is 4.11. The second kappa shape index (κ2) is 7.68. The van der Waals surface area contributed by atoms with Crippen molar-refractivity contribution in [3.8, 4) is 11.4 Å². The minimum atomic E-state index is -0.128. The third-order valence-corrected chi connectivity index (χ3v) is 5.10. The number of aromatic nitrogens is 2. The van der Waals surface area contributed by atoms with Gasteiger partial charge in [-0.1, -0.05) is 37.3 Å². The number of anilines is 1. The van der Waals surface area contributed by atoms with Crippen LogP contribution in [0.2, 0.25) is 0 Å². The Morgan fingerprint density at radius 2 is 1.85 bits per heavy atom. The molecule has 0 unspecified atom stereocenters. The summed E-state index contributed by atoms with van der Waals surface area (Å²) in [5, 5.41) is 3.03. The molecule has 0 aliphatic heterocycles. The molecule has 1 aromatic heterocycles. The molecular weight excluding hydrogens is 354 g/mol. The normalized spacial score (nSPS) is 10.9. The summed E-state index contributed by atoms with van der Waals surface area (Å²) in [6, 6.07) is 23.3. The molecule has 27 heavy (non-hydrogen) atoms. The predicted molar refractivity (Wildman–Crippen MR) is 112 cm³/mol. The van der Waals surface area contributed by atoms with Gasteiger partial charge in [-0.15, -0.1) is 11.8 Å². The highest BCUT2D eigenvalue weighted by Gasteiger charge is 2.13. The fourth-order valence-corrected chi connectivity index (χ4v) is 3.69. The van der Waals surface area contributed by atoms with E-state index in [2.05, 4.69) is 22.2 Å². The van der Waals surface area contributed by atoms with Gasteiger partial charge in [-0.05, 0) is 48.2 Å². The van der Waals surface area contributed by atoms with Crippen LogP contribution in [-0.2, 0) is 0 Å². The van der Waals surface area contributed by atoms with Gasteiger partial charge in [-0.3, -0.25) is 4.79 Å². The van der Waals surface area contributed by atoms with Crippen LogP contribution in [0.25, 0.3) is 22.4 Å². The number of nitrogens with one attached hydrogen (secondary N) is 2. The fourth-order valence-electron chi connectivity index (χ4n) is 2.97. The largest absolute Gasteiger partial charge is 0.338 e. The topological polar surface area (TPSA) is 57.8 Å². The van der Waals surface area contributed by atoms with Crippen LogP contribution >= 0.6 is 11.8 Å². The molecule has 3 aromatic carbocycles. The molecule has 2 N–H and O–H groups in total. The van der Waals surface area contributed by atoms with E-state index >= 15 is 0 Å². The van der Waals surface area contributed by atoms with Crippen molar-refractivity contribution in [2.45, 2.75) is 11.8 Å². The molecule has 0 atom stereocenters. The molecular formula is C22H19N3OS. The number of imidazole rings is 1. The van der Waals surface area contributed by atoms with E-state index in [-0.39, 0.29) is 5.91 Å². The molecule has 0 saturated carbocycles. The van der Waals surface area contributed by atoms with Crippen molar-refractivity contribution in [3.63, 3.8) is 0 Å². The van der Waals surface area contributed by atoms with Crippen molar-refractivity contribution in [2.75, 3.05) is 11.1 Å². The maximum absolute atomic E-state index is 12.8. The zero-order chi connectivity index (χ0) is 18.6. The second-order valence-corrected chi connectivity index (χ2v) is 7.40. The Bertz CT molecular complexity index is 1070. The number of hydrogen-bond acceptors (Lipinski definition) is 3. The van der Waals surface area contributed by atoms with E-state index in [4.69, 9.17) is 0 Å². The monoisotopic (exact) mass is 373 g/mol. The van der Waals surface area contributed by atoms with E-state index in [1.54, 1.807) is 11.8 Å². The number of H-pyrrole nitrogens is 1. The number of carbonyl (C=O) groups excluding carboxylic acids is 1. The molecule has 0 aliphatic carbocycles. The molecule has 134 valence electrons. The highest BCUT2D eigenvalue weighted by molar-refractivity contribution is 7.99. The van der Waals surface area contributed by atoms with Gasteiger partial charge < -0.3 is 10.3 Å². The number of hydrogen-bond donors (Lipinski definition) is 2. The van der Waals surface area contributed by atoms with Gasteiger partial charge in [-0.2, -0.15) is 0 Å². The Labute approximate surface area is 162 Å². The standard InChI is InChI=1S/C22H19N3OS/c1-2-27-16-9-7-8-15(14-16)22(26)25-18-11-4-3-10-17(18)21-23-19-12-5-6-13-20(19)24-21/h3-14H,2H2,1H3,(H,23,24)(H,25,26). The number of benzene rings is 3. The lowest BCUT2D eigenvalue weighted by molar-refractivity contribution is 0.102. The Balaban J connectivity index is 1.65. The summed E-state index contributed by atoms with van der Waals surface area (Å²) < 4.78 is 0. The fraction of sp³-hybridized carbons (Fsp3) is 0.0909. The van der Waals surface area contributed by atoms with Crippen molar-refractivity contribution >= 4 is 34.4 Å². The zero-order valence-corrected chi connectivity index (χ0v) is 15.7. The molecule has 0 radical (unpaired) electrons. The van der Waals surface area contributed by atoms with Crippen LogP contribution in [0.4, 0.5) is 5.69 Å². The van der Waals surface area contributed by atoms with Gasteiger partial charge in [0.1, 0.15) is 5.82 Å². The maximum Gasteiger partial charge on any atom is 0.255 e. The van der Waals surface area contributed by atoms with E-state index in [1.807, 2.05) is 72.8 Å². The maximum atomic E-state index is 12.8. The Hall–Kier alpha value is -3.05. The van der Waals surface area contributed by atoms with E-state index in [0.717, 1.165) is 38.8 Å². The molecule has 4 rings (SSSR count). The highest BCUT2D eigenvalue weighted by Crippen LogP contribution is 2.28. The number of amides is 1. The minimum absolute atomic E-state index is 0.128. The quantitative estimate of drug-likeness (QED) is 0.448. The van der Waals surface area contributed by atoms with Gasteiger partial charge in [0.25, 0.3) is 5.91 Å². The van der Waals surface area contributed by atoms with Crippen molar-refractivity contribution < 1.29 is 4.79 Å². The number of carbonyl (C=O) groups is 1. The predicted octanol–water partition coefficient (Wildman–Crippen LogP) is 5.59. The minimum Gasteiger partial charge on any atom is -0.338 e. The third-order valence-electron chi connectivity index (χ3n) is 4.23. The molecule has 0 saturated heterocycles. The SMILES string of the molecule is CCSc1cccc(C(=O)Nc2ccccc2-c2nc3ccccc3[nH]2)c1. The first-order valence-corrected chi connectivity index (χ1v) is 9.81. The molecule has 1 amide bonds. The number of aromatic amines is 1. The summed E-state index contributed by atoms with van der Waals surface area (Å²) in [6.07, 6.45) is 0. The van der Waals surface area contributed by atoms with Crippen molar-refractivity contribution in [3.05, 3.63) is 78.4 Å². The van der Waals surface area contributed by atoms with Crippen LogP contribution in [0.15, 0.2) is 77.7 Å². The van der Waals surface area contributed by atoms with Crippen LogP contribution in [0, 0.1) is 0 Å². The van der Waals surface area contributed by atoms with Crippen LogP contribution < -0.4 is 5.32 Å². The second-order valence-electron chi connectivity index (χ2n) is 6.06. The van der Waals surface area contributed by atoms with Gasteiger partial charge in [0, 0.05) is 16.0 Å². The average Bonchev–Trinajstić information content (AvgIpc) is 3.13. The molecule has 0 spiro atoms. The summed E-state index contributed by atoms with van der Waals surface area (Å²) in [5.74, 6) is 1.58. The van der Waals surface area contributed by atoms with Gasteiger partial charge >= 0.3 is 0 Å².